The molecule has 1 atom stereocenters. The third-order valence-electron chi connectivity index (χ3n) is 7.05. The first-order valence-corrected chi connectivity index (χ1v) is 12.7. The Morgan fingerprint density at radius 2 is 1.40 bits per heavy atom. The lowest BCUT2D eigenvalue weighted by molar-refractivity contribution is -0.168. The minimum Gasteiger partial charge on any atom is -0.468 e. The fourth-order valence-electron chi connectivity index (χ4n) is 5.20. The summed E-state index contributed by atoms with van der Waals surface area (Å²) < 4.78 is 39.5. The maximum atomic E-state index is 14.1. The molecule has 35 heavy (non-hydrogen) atoms. The van der Waals surface area contributed by atoms with Crippen LogP contribution < -0.4 is 0 Å². The molecule has 1 aliphatic heterocycles. The van der Waals surface area contributed by atoms with Gasteiger partial charge in [-0.2, -0.15) is 0 Å². The second-order valence-corrected chi connectivity index (χ2v) is 10.9. The van der Waals surface area contributed by atoms with Crippen molar-refractivity contribution in [3.63, 3.8) is 0 Å². The van der Waals surface area contributed by atoms with Gasteiger partial charge in [-0.3, -0.25) is 13.9 Å². The number of fused-ring (bicyclic) bond motifs is 1. The number of esters is 2. The van der Waals surface area contributed by atoms with Crippen molar-refractivity contribution in [2.75, 3.05) is 14.2 Å². The summed E-state index contributed by atoms with van der Waals surface area (Å²) in [4.78, 5) is 25.9. The van der Waals surface area contributed by atoms with Gasteiger partial charge in [0, 0.05) is 12.1 Å². The first kappa shape index (κ1) is 24.7. The molecule has 1 saturated carbocycles. The van der Waals surface area contributed by atoms with E-state index in [9.17, 15) is 18.0 Å². The van der Waals surface area contributed by atoms with Crippen LogP contribution in [-0.4, -0.2) is 38.9 Å². The monoisotopic (exact) mass is 495 g/mol. The van der Waals surface area contributed by atoms with Crippen LogP contribution >= 0.6 is 0 Å². The van der Waals surface area contributed by atoms with E-state index in [2.05, 4.69) is 0 Å². The number of benzene rings is 2. The van der Waals surface area contributed by atoms with Crippen LogP contribution in [0.4, 0.5) is 0 Å². The van der Waals surface area contributed by atoms with Crippen LogP contribution in [0.5, 0.6) is 0 Å². The number of nitrogens with zero attached hydrogens (tertiary/aromatic N) is 1. The zero-order chi connectivity index (χ0) is 25.5. The standard InChI is InChI=1S/C27H29NO6S/c1-17-11-13-21(14-12-17)35(31,32)28-19(3)23-16-27(25(29)33-4,26(30)34-5)15-22(23)18(2)24(28)20-9-7-6-8-10-20/h6-14,24H,15-16H2,1-5H3. The molecule has 1 unspecified atom stereocenters. The molecule has 0 aromatic heterocycles. The fraction of sp³-hybridized carbons (Fsp3) is 0.333. The van der Waals surface area contributed by atoms with E-state index in [0.717, 1.165) is 22.3 Å². The minimum absolute atomic E-state index is 0.00623. The zero-order valence-electron chi connectivity index (χ0n) is 20.5. The molecular formula is C27H29NO6S. The number of rotatable bonds is 5. The highest BCUT2D eigenvalue weighted by Gasteiger charge is 2.57. The summed E-state index contributed by atoms with van der Waals surface area (Å²) in [7, 11) is -1.51. The quantitative estimate of drug-likeness (QED) is 0.450. The number of methoxy groups -OCH3 is 2. The molecule has 1 aliphatic carbocycles. The van der Waals surface area contributed by atoms with Crippen LogP contribution in [0.1, 0.15) is 43.9 Å². The number of allylic oxidation sites excluding steroid dienone is 3. The zero-order valence-corrected chi connectivity index (χ0v) is 21.3. The van der Waals surface area contributed by atoms with Gasteiger partial charge in [-0.1, -0.05) is 48.0 Å². The molecule has 1 fully saturated rings. The molecule has 0 amide bonds. The molecule has 1 heterocycles. The molecule has 7 nitrogen and oxygen atoms in total. The highest BCUT2D eigenvalue weighted by atomic mass is 32.2. The van der Waals surface area contributed by atoms with Gasteiger partial charge in [-0.15, -0.1) is 0 Å². The van der Waals surface area contributed by atoms with E-state index in [4.69, 9.17) is 9.47 Å². The minimum atomic E-state index is -3.98. The second-order valence-electron chi connectivity index (χ2n) is 9.07. The Labute approximate surface area is 206 Å². The maximum absolute atomic E-state index is 14.1. The van der Waals surface area contributed by atoms with Crippen LogP contribution in [0.3, 0.4) is 0 Å². The van der Waals surface area contributed by atoms with Gasteiger partial charge in [0.25, 0.3) is 10.0 Å². The largest absolute Gasteiger partial charge is 0.468 e. The summed E-state index contributed by atoms with van der Waals surface area (Å²) in [6, 6.07) is 15.5. The lowest BCUT2D eigenvalue weighted by Crippen LogP contribution is -2.39. The van der Waals surface area contributed by atoms with Crippen LogP contribution in [0, 0.1) is 12.3 Å². The van der Waals surface area contributed by atoms with Crippen molar-refractivity contribution in [3.8, 4) is 0 Å². The van der Waals surface area contributed by atoms with Crippen molar-refractivity contribution in [3.05, 3.63) is 88.1 Å². The van der Waals surface area contributed by atoms with Gasteiger partial charge in [0.1, 0.15) is 0 Å². The Hall–Kier alpha value is -3.39. The van der Waals surface area contributed by atoms with E-state index in [1.54, 1.807) is 31.2 Å². The van der Waals surface area contributed by atoms with Crippen LogP contribution in [0.25, 0.3) is 0 Å². The number of carbonyl (C=O) groups is 2. The average Bonchev–Trinajstić information content (AvgIpc) is 3.28. The number of hydrogen-bond donors (Lipinski definition) is 0. The van der Waals surface area contributed by atoms with E-state index in [-0.39, 0.29) is 17.7 Å². The lowest BCUT2D eigenvalue weighted by Gasteiger charge is -2.39. The van der Waals surface area contributed by atoms with E-state index in [0.29, 0.717) is 11.3 Å². The van der Waals surface area contributed by atoms with Crippen LogP contribution in [0.15, 0.2) is 81.9 Å². The van der Waals surface area contributed by atoms with E-state index in [1.165, 1.54) is 18.5 Å². The number of ether oxygens (including phenoxy) is 2. The molecule has 8 heteroatoms. The molecule has 0 N–H and O–H groups in total. The lowest BCUT2D eigenvalue weighted by atomic mass is 9.85. The van der Waals surface area contributed by atoms with Gasteiger partial charge in [0.15, 0.2) is 5.41 Å². The van der Waals surface area contributed by atoms with Gasteiger partial charge in [0.2, 0.25) is 0 Å². The molecule has 2 aliphatic rings. The van der Waals surface area contributed by atoms with Gasteiger partial charge in [-0.05, 0) is 61.6 Å². The molecule has 184 valence electrons. The van der Waals surface area contributed by atoms with Crippen molar-refractivity contribution < 1.29 is 27.5 Å². The molecule has 0 saturated heterocycles. The fourth-order valence-corrected chi connectivity index (χ4v) is 6.93. The van der Waals surface area contributed by atoms with Crippen molar-refractivity contribution >= 4 is 22.0 Å². The van der Waals surface area contributed by atoms with Crippen molar-refractivity contribution in [2.45, 2.75) is 44.6 Å². The summed E-state index contributed by atoms with van der Waals surface area (Å²) in [5.41, 5.74) is 2.88. The van der Waals surface area contributed by atoms with Crippen LogP contribution in [0.2, 0.25) is 0 Å². The average molecular weight is 496 g/mol. The second kappa shape index (κ2) is 9.00. The summed E-state index contributed by atoms with van der Waals surface area (Å²) in [6.07, 6.45) is 0.0961. The number of hydrogen-bond acceptors (Lipinski definition) is 6. The molecule has 0 radical (unpaired) electrons. The molecule has 2 aromatic rings. The predicted molar refractivity (Wildman–Crippen MR) is 130 cm³/mol. The van der Waals surface area contributed by atoms with Crippen LogP contribution in [-0.2, 0) is 29.1 Å². The molecular weight excluding hydrogens is 466 g/mol. The topological polar surface area (TPSA) is 90.0 Å². The van der Waals surface area contributed by atoms with Crippen molar-refractivity contribution in [1.29, 1.82) is 0 Å². The van der Waals surface area contributed by atoms with Gasteiger partial charge in [0.05, 0.1) is 25.2 Å². The molecule has 4 rings (SSSR count). The Balaban J connectivity index is 1.97. The first-order valence-electron chi connectivity index (χ1n) is 11.3. The Morgan fingerprint density at radius 3 is 1.94 bits per heavy atom. The number of sulfonamides is 1. The highest BCUT2D eigenvalue weighted by molar-refractivity contribution is 7.89. The van der Waals surface area contributed by atoms with Gasteiger partial charge >= 0.3 is 11.9 Å². The summed E-state index contributed by atoms with van der Waals surface area (Å²) >= 11 is 0. The third-order valence-corrected chi connectivity index (χ3v) is 8.93. The summed E-state index contributed by atoms with van der Waals surface area (Å²) in [5.74, 6) is -1.38. The smallest absolute Gasteiger partial charge is 0.323 e. The van der Waals surface area contributed by atoms with E-state index < -0.39 is 33.4 Å². The third kappa shape index (κ3) is 3.86. The summed E-state index contributed by atoms with van der Waals surface area (Å²) in [6.45, 7) is 5.49. The molecule has 2 aromatic carbocycles. The highest BCUT2D eigenvalue weighted by Crippen LogP contribution is 2.55. The Bertz CT molecular complexity index is 1320. The number of carbonyl (C=O) groups excluding carboxylic acids is 2. The number of aryl methyl sites for hydroxylation is 1. The summed E-state index contributed by atoms with van der Waals surface area (Å²) in [5, 5.41) is 0. The predicted octanol–water partition coefficient (Wildman–Crippen LogP) is 4.46. The maximum Gasteiger partial charge on any atom is 0.323 e. The van der Waals surface area contributed by atoms with E-state index in [1.807, 2.05) is 44.2 Å². The van der Waals surface area contributed by atoms with Gasteiger partial charge < -0.3 is 9.47 Å². The SMILES string of the molecule is COC(=O)C1(C(=O)OC)CC2=C(C)C(c3ccccc3)N(S(=O)(=O)c3ccc(C)cc3)C(C)=C2C1. The van der Waals surface area contributed by atoms with E-state index >= 15 is 0 Å². The van der Waals surface area contributed by atoms with Gasteiger partial charge in [-0.25, -0.2) is 8.42 Å². The van der Waals surface area contributed by atoms with Crippen molar-refractivity contribution in [1.82, 2.24) is 4.31 Å². The molecule has 0 spiro atoms. The molecule has 0 bridgehead atoms. The normalized spacial score (nSPS) is 19.5. The Kier molecular flexibility index (Phi) is 6.36. The first-order chi connectivity index (χ1) is 16.6. The Morgan fingerprint density at radius 1 is 0.857 bits per heavy atom. The van der Waals surface area contributed by atoms with Crippen molar-refractivity contribution in [2.24, 2.45) is 5.41 Å².